The summed E-state index contributed by atoms with van der Waals surface area (Å²) in [5, 5.41) is 9.35. The quantitative estimate of drug-likeness (QED) is 0.868. The molecule has 2 aromatic carbocycles. The van der Waals surface area contributed by atoms with Crippen molar-refractivity contribution in [1.29, 1.82) is 5.26 Å². The number of carbonyl (C=O) groups excluding carboxylic acids is 1. The molecule has 0 spiro atoms. The van der Waals surface area contributed by atoms with Gasteiger partial charge in [0.1, 0.15) is 18.4 Å². The first-order valence-corrected chi connectivity index (χ1v) is 7.26. The average Bonchev–Trinajstić information content (AvgIpc) is 2.84. The van der Waals surface area contributed by atoms with Gasteiger partial charge in [-0.25, -0.2) is 0 Å². The van der Waals surface area contributed by atoms with Gasteiger partial charge >= 0.3 is 0 Å². The van der Waals surface area contributed by atoms with Gasteiger partial charge in [0.15, 0.2) is 0 Å². The first kappa shape index (κ1) is 14.2. The van der Waals surface area contributed by atoms with Gasteiger partial charge in [-0.15, -0.1) is 0 Å². The molecule has 0 radical (unpaired) electrons. The van der Waals surface area contributed by atoms with E-state index in [1.54, 1.807) is 23.1 Å². The van der Waals surface area contributed by atoms with Crippen molar-refractivity contribution in [3.05, 3.63) is 65.2 Å². The van der Waals surface area contributed by atoms with Crippen LogP contribution < -0.4 is 4.74 Å². The molecule has 0 saturated carbocycles. The highest BCUT2D eigenvalue weighted by atomic mass is 16.5. The minimum Gasteiger partial charge on any atom is -0.489 e. The zero-order chi connectivity index (χ0) is 15.5. The summed E-state index contributed by atoms with van der Waals surface area (Å²) in [7, 11) is 0. The molecule has 110 valence electrons. The number of rotatable bonds is 4. The number of carbonyl (C=O) groups is 1. The highest BCUT2D eigenvalue weighted by Gasteiger charge is 2.35. The molecule has 0 saturated heterocycles. The molecular formula is C18H16N2O2. The Morgan fingerprint density at radius 2 is 2.00 bits per heavy atom. The third-order valence-corrected chi connectivity index (χ3v) is 3.83. The summed E-state index contributed by atoms with van der Waals surface area (Å²) >= 11 is 0. The van der Waals surface area contributed by atoms with Gasteiger partial charge in [0.2, 0.25) is 0 Å². The van der Waals surface area contributed by atoms with E-state index in [2.05, 4.69) is 6.07 Å². The number of nitriles is 1. The van der Waals surface area contributed by atoms with E-state index in [0.29, 0.717) is 24.5 Å². The van der Waals surface area contributed by atoms with E-state index in [1.807, 2.05) is 37.3 Å². The van der Waals surface area contributed by atoms with Gasteiger partial charge < -0.3 is 9.64 Å². The number of benzene rings is 2. The second-order valence-corrected chi connectivity index (χ2v) is 5.15. The van der Waals surface area contributed by atoms with E-state index < -0.39 is 6.04 Å². The van der Waals surface area contributed by atoms with Crippen LogP contribution in [-0.4, -0.2) is 17.4 Å². The highest BCUT2D eigenvalue weighted by Crippen LogP contribution is 2.35. The van der Waals surface area contributed by atoms with Gasteiger partial charge in [0, 0.05) is 17.7 Å². The lowest BCUT2D eigenvalue weighted by Gasteiger charge is -2.17. The van der Waals surface area contributed by atoms with Crippen molar-refractivity contribution in [2.24, 2.45) is 0 Å². The zero-order valence-electron chi connectivity index (χ0n) is 12.3. The Balaban J connectivity index is 1.83. The monoisotopic (exact) mass is 292 g/mol. The second-order valence-electron chi connectivity index (χ2n) is 5.15. The molecule has 1 atom stereocenters. The Bertz CT molecular complexity index is 734. The lowest BCUT2D eigenvalue weighted by Crippen LogP contribution is -2.26. The van der Waals surface area contributed by atoms with Crippen LogP contribution in [0.4, 0.5) is 0 Å². The van der Waals surface area contributed by atoms with Crippen molar-refractivity contribution in [1.82, 2.24) is 4.90 Å². The number of hydrogen-bond donors (Lipinski definition) is 0. The Morgan fingerprint density at radius 3 is 2.68 bits per heavy atom. The van der Waals surface area contributed by atoms with E-state index in [1.165, 1.54) is 0 Å². The van der Waals surface area contributed by atoms with Crippen molar-refractivity contribution in [3.8, 4) is 11.8 Å². The van der Waals surface area contributed by atoms with Crippen LogP contribution in [0.3, 0.4) is 0 Å². The molecule has 0 aliphatic carbocycles. The standard InChI is InChI=1S/C18H16N2O2/c1-2-20-17(11-19)16-10-14(8-9-15(16)18(20)21)22-12-13-6-4-3-5-7-13/h3-10,17H,2,12H2,1H3. The minimum atomic E-state index is -0.521. The summed E-state index contributed by atoms with van der Waals surface area (Å²) in [6, 6.07) is 16.9. The van der Waals surface area contributed by atoms with Crippen LogP contribution in [0.1, 0.15) is 34.5 Å². The fourth-order valence-corrected chi connectivity index (χ4v) is 2.70. The van der Waals surface area contributed by atoms with Gasteiger partial charge in [0.25, 0.3) is 5.91 Å². The Morgan fingerprint density at radius 1 is 1.23 bits per heavy atom. The van der Waals surface area contributed by atoms with Gasteiger partial charge in [-0.3, -0.25) is 4.79 Å². The molecule has 0 aromatic heterocycles. The molecule has 3 rings (SSSR count). The van der Waals surface area contributed by atoms with Gasteiger partial charge in [-0.1, -0.05) is 30.3 Å². The maximum Gasteiger partial charge on any atom is 0.255 e. The molecule has 4 nitrogen and oxygen atoms in total. The molecule has 0 N–H and O–H groups in total. The van der Waals surface area contributed by atoms with Gasteiger partial charge in [-0.2, -0.15) is 5.26 Å². The predicted molar refractivity (Wildman–Crippen MR) is 82.3 cm³/mol. The first-order valence-electron chi connectivity index (χ1n) is 7.26. The number of nitrogens with zero attached hydrogens (tertiary/aromatic N) is 2. The van der Waals surface area contributed by atoms with Crippen LogP contribution in [0.15, 0.2) is 48.5 Å². The number of fused-ring (bicyclic) bond motifs is 1. The normalized spacial score (nSPS) is 16.3. The van der Waals surface area contributed by atoms with Crippen molar-refractivity contribution in [2.75, 3.05) is 6.54 Å². The van der Waals surface area contributed by atoms with Crippen molar-refractivity contribution in [2.45, 2.75) is 19.6 Å². The van der Waals surface area contributed by atoms with E-state index >= 15 is 0 Å². The summed E-state index contributed by atoms with van der Waals surface area (Å²) in [6.07, 6.45) is 0. The van der Waals surface area contributed by atoms with Crippen molar-refractivity contribution >= 4 is 5.91 Å². The lowest BCUT2D eigenvalue weighted by molar-refractivity contribution is 0.0767. The lowest BCUT2D eigenvalue weighted by atomic mass is 10.1. The van der Waals surface area contributed by atoms with Crippen LogP contribution in [0.25, 0.3) is 0 Å². The molecule has 1 aliphatic heterocycles. The Labute approximate surface area is 129 Å². The number of ether oxygens (including phenoxy) is 1. The largest absolute Gasteiger partial charge is 0.489 e. The van der Waals surface area contributed by atoms with Gasteiger partial charge in [0.05, 0.1) is 6.07 Å². The van der Waals surface area contributed by atoms with Crippen LogP contribution >= 0.6 is 0 Å². The predicted octanol–water partition coefficient (Wildman–Crippen LogP) is 3.31. The summed E-state index contributed by atoms with van der Waals surface area (Å²) in [4.78, 5) is 13.8. The third kappa shape index (κ3) is 2.42. The fraction of sp³-hybridized carbons (Fsp3) is 0.222. The van der Waals surface area contributed by atoms with Crippen LogP contribution in [0.5, 0.6) is 5.75 Å². The third-order valence-electron chi connectivity index (χ3n) is 3.83. The average molecular weight is 292 g/mol. The van der Waals surface area contributed by atoms with E-state index in [-0.39, 0.29) is 5.91 Å². The van der Waals surface area contributed by atoms with E-state index in [0.717, 1.165) is 11.1 Å². The Kier molecular flexibility index (Phi) is 3.80. The van der Waals surface area contributed by atoms with Crippen LogP contribution in [0.2, 0.25) is 0 Å². The molecule has 22 heavy (non-hydrogen) atoms. The molecule has 1 unspecified atom stereocenters. The van der Waals surface area contributed by atoms with Crippen LogP contribution in [-0.2, 0) is 6.61 Å². The molecule has 1 heterocycles. The number of amides is 1. The van der Waals surface area contributed by atoms with Crippen molar-refractivity contribution in [3.63, 3.8) is 0 Å². The van der Waals surface area contributed by atoms with Gasteiger partial charge in [-0.05, 0) is 30.7 Å². The molecule has 1 aliphatic rings. The smallest absolute Gasteiger partial charge is 0.255 e. The maximum atomic E-state index is 12.2. The van der Waals surface area contributed by atoms with Crippen LogP contribution in [0, 0.1) is 11.3 Å². The molecule has 1 amide bonds. The minimum absolute atomic E-state index is 0.0846. The zero-order valence-corrected chi connectivity index (χ0v) is 12.3. The SMILES string of the molecule is CCN1C(=O)c2ccc(OCc3ccccc3)cc2C1C#N. The molecule has 0 bridgehead atoms. The number of hydrogen-bond acceptors (Lipinski definition) is 3. The summed E-state index contributed by atoms with van der Waals surface area (Å²) < 4.78 is 5.78. The van der Waals surface area contributed by atoms with Crippen molar-refractivity contribution < 1.29 is 9.53 Å². The first-order chi connectivity index (χ1) is 10.7. The molecular weight excluding hydrogens is 276 g/mol. The summed E-state index contributed by atoms with van der Waals surface area (Å²) in [6.45, 7) is 2.86. The summed E-state index contributed by atoms with van der Waals surface area (Å²) in [5.74, 6) is 0.590. The summed E-state index contributed by atoms with van der Waals surface area (Å²) in [5.41, 5.74) is 2.41. The topological polar surface area (TPSA) is 53.3 Å². The molecule has 2 aromatic rings. The highest BCUT2D eigenvalue weighted by molar-refractivity contribution is 5.99. The van der Waals surface area contributed by atoms with E-state index in [4.69, 9.17) is 4.74 Å². The molecule has 4 heteroatoms. The molecule has 0 fully saturated rings. The fourth-order valence-electron chi connectivity index (χ4n) is 2.70. The second kappa shape index (κ2) is 5.90. The maximum absolute atomic E-state index is 12.2. The Hall–Kier alpha value is -2.80. The van der Waals surface area contributed by atoms with E-state index in [9.17, 15) is 10.1 Å².